The summed E-state index contributed by atoms with van der Waals surface area (Å²) in [5.74, 6) is 0. The van der Waals surface area contributed by atoms with Crippen molar-refractivity contribution in [1.29, 1.82) is 0 Å². The summed E-state index contributed by atoms with van der Waals surface area (Å²) in [5, 5.41) is 0.818. The fourth-order valence-electron chi connectivity index (χ4n) is 0.712. The molecule has 0 spiro atoms. The molecular formula is C8H6BrNO. The third-order valence-corrected chi connectivity index (χ3v) is 1.91. The van der Waals surface area contributed by atoms with Gasteiger partial charge in [-0.05, 0) is 17.7 Å². The maximum absolute atomic E-state index is 9.83. The van der Waals surface area contributed by atoms with Crippen LogP contribution in [0, 0.1) is 0 Å². The zero-order valence-electron chi connectivity index (χ0n) is 5.75. The van der Waals surface area contributed by atoms with E-state index in [2.05, 4.69) is 20.9 Å². The Kier molecular flexibility index (Phi) is 3.02. The molecule has 0 heterocycles. The third kappa shape index (κ3) is 2.30. The van der Waals surface area contributed by atoms with Gasteiger partial charge in [-0.15, -0.1) is 0 Å². The standard InChI is InChI=1S/C8H6BrNO/c9-5-7-1-3-8(4-2-7)10-6-11/h1-4H,5H2. The average molecular weight is 212 g/mol. The van der Waals surface area contributed by atoms with Crippen LogP contribution in [0.25, 0.3) is 0 Å². The molecule has 0 saturated carbocycles. The Bertz CT molecular complexity index is 275. The molecule has 0 fully saturated rings. The van der Waals surface area contributed by atoms with Crippen LogP contribution < -0.4 is 0 Å². The van der Waals surface area contributed by atoms with Crippen LogP contribution in [0.1, 0.15) is 5.56 Å². The van der Waals surface area contributed by atoms with Crippen molar-refractivity contribution < 1.29 is 4.79 Å². The largest absolute Gasteiger partial charge is 0.240 e. The maximum Gasteiger partial charge on any atom is 0.240 e. The predicted octanol–water partition coefficient (Wildman–Crippen LogP) is 2.55. The highest BCUT2D eigenvalue weighted by Crippen LogP contribution is 2.13. The summed E-state index contributed by atoms with van der Waals surface area (Å²) in [7, 11) is 0. The van der Waals surface area contributed by atoms with Gasteiger partial charge >= 0.3 is 0 Å². The zero-order valence-corrected chi connectivity index (χ0v) is 7.34. The van der Waals surface area contributed by atoms with Crippen molar-refractivity contribution in [3.63, 3.8) is 0 Å². The Morgan fingerprint density at radius 2 is 2.00 bits per heavy atom. The van der Waals surface area contributed by atoms with Crippen molar-refractivity contribution >= 4 is 27.7 Å². The van der Waals surface area contributed by atoms with Crippen molar-refractivity contribution in [2.75, 3.05) is 0 Å². The number of rotatable bonds is 2. The summed E-state index contributed by atoms with van der Waals surface area (Å²) in [5.41, 5.74) is 1.81. The molecule has 1 aromatic rings. The number of hydrogen-bond donors (Lipinski definition) is 0. The molecule has 56 valence electrons. The van der Waals surface area contributed by atoms with Gasteiger partial charge in [-0.3, -0.25) is 0 Å². The van der Waals surface area contributed by atoms with Crippen molar-refractivity contribution in [1.82, 2.24) is 0 Å². The molecule has 0 aliphatic rings. The number of carbonyl (C=O) groups excluding carboxylic acids is 1. The fraction of sp³-hybridized carbons (Fsp3) is 0.125. The van der Waals surface area contributed by atoms with Gasteiger partial charge in [0.25, 0.3) is 0 Å². The first-order chi connectivity index (χ1) is 5.36. The van der Waals surface area contributed by atoms with Gasteiger partial charge in [0.1, 0.15) is 0 Å². The topological polar surface area (TPSA) is 29.4 Å². The molecule has 0 radical (unpaired) electrons. The molecule has 2 nitrogen and oxygen atoms in total. The van der Waals surface area contributed by atoms with Crippen molar-refractivity contribution in [3.8, 4) is 0 Å². The van der Waals surface area contributed by atoms with Crippen molar-refractivity contribution in [3.05, 3.63) is 29.8 Å². The first-order valence-corrected chi connectivity index (χ1v) is 4.21. The Labute approximate surface area is 73.1 Å². The highest BCUT2D eigenvalue weighted by atomic mass is 79.9. The second-order valence-electron chi connectivity index (χ2n) is 2.00. The van der Waals surface area contributed by atoms with Gasteiger partial charge in [-0.1, -0.05) is 28.1 Å². The van der Waals surface area contributed by atoms with Crippen LogP contribution in [0.4, 0.5) is 5.69 Å². The molecule has 0 saturated heterocycles. The van der Waals surface area contributed by atoms with E-state index in [0.29, 0.717) is 5.69 Å². The highest BCUT2D eigenvalue weighted by molar-refractivity contribution is 9.08. The molecule has 1 aromatic carbocycles. The molecular weight excluding hydrogens is 206 g/mol. The second-order valence-corrected chi connectivity index (χ2v) is 2.56. The lowest BCUT2D eigenvalue weighted by Crippen LogP contribution is -1.73. The lowest BCUT2D eigenvalue weighted by Gasteiger charge is -1.93. The van der Waals surface area contributed by atoms with Gasteiger partial charge in [0.15, 0.2) is 0 Å². The molecule has 0 amide bonds. The minimum absolute atomic E-state index is 0.643. The fourth-order valence-corrected chi connectivity index (χ4v) is 1.09. The molecule has 0 aliphatic heterocycles. The van der Waals surface area contributed by atoms with E-state index in [9.17, 15) is 4.79 Å². The van der Waals surface area contributed by atoms with Crippen LogP contribution in [0.15, 0.2) is 29.3 Å². The Balaban J connectivity index is 2.91. The second kappa shape index (κ2) is 4.06. The summed E-state index contributed by atoms with van der Waals surface area (Å²) >= 11 is 3.31. The van der Waals surface area contributed by atoms with Crippen LogP contribution >= 0.6 is 15.9 Å². The molecule has 0 unspecified atom stereocenters. The summed E-state index contributed by atoms with van der Waals surface area (Å²) in [4.78, 5) is 13.3. The number of isocyanates is 1. The molecule has 3 heteroatoms. The lowest BCUT2D eigenvalue weighted by atomic mass is 10.2. The van der Waals surface area contributed by atoms with E-state index in [1.165, 1.54) is 6.08 Å². The number of hydrogen-bond acceptors (Lipinski definition) is 2. The summed E-state index contributed by atoms with van der Waals surface area (Å²) in [6, 6.07) is 7.37. The van der Waals surface area contributed by atoms with E-state index in [1.54, 1.807) is 12.1 Å². The highest BCUT2D eigenvalue weighted by Gasteiger charge is 1.89. The van der Waals surface area contributed by atoms with Crippen molar-refractivity contribution in [2.45, 2.75) is 5.33 Å². The van der Waals surface area contributed by atoms with Gasteiger partial charge in [0.05, 0.1) is 5.69 Å². The van der Waals surface area contributed by atoms with E-state index in [0.717, 1.165) is 10.9 Å². The Hall–Kier alpha value is -0.920. The predicted molar refractivity (Wildman–Crippen MR) is 46.9 cm³/mol. The number of nitrogens with zero attached hydrogens (tertiary/aromatic N) is 1. The van der Waals surface area contributed by atoms with Crippen molar-refractivity contribution in [2.24, 2.45) is 4.99 Å². The van der Waals surface area contributed by atoms with Gasteiger partial charge in [0.2, 0.25) is 6.08 Å². The van der Waals surface area contributed by atoms with Gasteiger partial charge < -0.3 is 0 Å². The Morgan fingerprint density at radius 1 is 1.36 bits per heavy atom. The molecule has 11 heavy (non-hydrogen) atoms. The van der Waals surface area contributed by atoms with Gasteiger partial charge in [-0.25, -0.2) is 4.79 Å². The monoisotopic (exact) mass is 211 g/mol. The zero-order chi connectivity index (χ0) is 8.10. The molecule has 0 aromatic heterocycles. The molecule has 1 rings (SSSR count). The number of benzene rings is 1. The molecule has 0 bridgehead atoms. The normalized spacial score (nSPS) is 8.82. The summed E-state index contributed by atoms with van der Waals surface area (Å²) in [6.45, 7) is 0. The van der Waals surface area contributed by atoms with Gasteiger partial charge in [-0.2, -0.15) is 4.99 Å². The van der Waals surface area contributed by atoms with E-state index in [4.69, 9.17) is 0 Å². The maximum atomic E-state index is 9.83. The van der Waals surface area contributed by atoms with Crippen LogP contribution in [-0.2, 0) is 10.1 Å². The molecule has 0 aliphatic carbocycles. The van der Waals surface area contributed by atoms with E-state index < -0.39 is 0 Å². The molecule has 0 N–H and O–H groups in total. The van der Waals surface area contributed by atoms with Gasteiger partial charge in [0, 0.05) is 5.33 Å². The minimum Gasteiger partial charge on any atom is -0.211 e. The quantitative estimate of drug-likeness (QED) is 0.420. The first-order valence-electron chi connectivity index (χ1n) is 3.09. The molecule has 0 atom stereocenters. The first kappa shape index (κ1) is 8.18. The number of aliphatic imine (C=N–C) groups is 1. The minimum atomic E-state index is 0.643. The summed E-state index contributed by atoms with van der Waals surface area (Å²) in [6.07, 6.45) is 1.48. The van der Waals surface area contributed by atoms with E-state index in [1.807, 2.05) is 12.1 Å². The SMILES string of the molecule is O=C=Nc1ccc(CBr)cc1. The van der Waals surface area contributed by atoms with E-state index in [-0.39, 0.29) is 0 Å². The average Bonchev–Trinajstić information content (AvgIpc) is 2.07. The number of halogens is 1. The van der Waals surface area contributed by atoms with Crippen LogP contribution in [0.2, 0.25) is 0 Å². The third-order valence-electron chi connectivity index (χ3n) is 1.27. The van der Waals surface area contributed by atoms with Crippen LogP contribution in [0.5, 0.6) is 0 Å². The Morgan fingerprint density at radius 3 is 2.45 bits per heavy atom. The van der Waals surface area contributed by atoms with Crippen LogP contribution in [-0.4, -0.2) is 6.08 Å². The summed E-state index contributed by atoms with van der Waals surface area (Å²) < 4.78 is 0. The van der Waals surface area contributed by atoms with Crippen LogP contribution in [0.3, 0.4) is 0 Å². The number of alkyl halides is 1. The van der Waals surface area contributed by atoms with E-state index >= 15 is 0 Å². The lowest BCUT2D eigenvalue weighted by molar-refractivity contribution is 0.565. The smallest absolute Gasteiger partial charge is 0.211 e.